The number of benzene rings is 1. The molecule has 0 aromatic heterocycles. The molecule has 0 fully saturated rings. The van der Waals surface area contributed by atoms with Crippen molar-refractivity contribution in [1.29, 1.82) is 0 Å². The predicted molar refractivity (Wildman–Crippen MR) is 166 cm³/mol. The summed E-state index contributed by atoms with van der Waals surface area (Å²) in [5.74, 6) is -0.474. The van der Waals surface area contributed by atoms with E-state index in [4.69, 9.17) is 14.2 Å². The molecular weight excluding hydrogens is 576 g/mol. The summed E-state index contributed by atoms with van der Waals surface area (Å²) in [5, 5.41) is 5.31. The summed E-state index contributed by atoms with van der Waals surface area (Å²) in [6.45, 7) is 14.9. The highest BCUT2D eigenvalue weighted by molar-refractivity contribution is 7.89. The van der Waals surface area contributed by atoms with Crippen LogP contribution in [0.4, 0.5) is 15.3 Å². The first kappa shape index (κ1) is 38.1. The summed E-state index contributed by atoms with van der Waals surface area (Å²) in [6, 6.07) is 5.21. The molecular formula is C30H52N4O8S. The van der Waals surface area contributed by atoms with Crippen molar-refractivity contribution >= 4 is 33.9 Å². The quantitative estimate of drug-likeness (QED) is 0.158. The van der Waals surface area contributed by atoms with Crippen molar-refractivity contribution in [3.63, 3.8) is 0 Å². The second-order valence-electron chi connectivity index (χ2n) is 13.1. The largest absolute Gasteiger partial charge is 0.463 e. The molecule has 0 aliphatic carbocycles. The standard InChI is InChI=1S/C30H52N4O8S/c1-22(2)19-34(43(38,39)25-16-14-23(15-17-25)32-28(37)42-30(6,7)8)24(21-40-26(35)20-33(9)10)13-11-12-18-31-27(36)41-29(3,4)5/h14-17,22,24H,11-13,18-21H2,1-10H3,(H,31,36)(H,32,37)/t24-/m0/s1. The summed E-state index contributed by atoms with van der Waals surface area (Å²) in [7, 11) is -0.532. The zero-order valence-corrected chi connectivity index (χ0v) is 28.3. The summed E-state index contributed by atoms with van der Waals surface area (Å²) >= 11 is 0. The third-order valence-electron chi connectivity index (χ3n) is 5.57. The van der Waals surface area contributed by atoms with E-state index in [-0.39, 0.29) is 30.5 Å². The number of alkyl carbamates (subject to hydrolysis) is 1. The third-order valence-corrected chi connectivity index (χ3v) is 7.51. The number of anilines is 1. The number of amides is 2. The predicted octanol–water partition coefficient (Wildman–Crippen LogP) is 4.85. The van der Waals surface area contributed by atoms with Crippen molar-refractivity contribution in [3.05, 3.63) is 24.3 Å². The number of unbranched alkanes of at least 4 members (excludes halogenated alkanes) is 1. The van der Waals surface area contributed by atoms with Crippen LogP contribution in [0.2, 0.25) is 0 Å². The van der Waals surface area contributed by atoms with Crippen LogP contribution in [0.3, 0.4) is 0 Å². The number of hydrogen-bond donors (Lipinski definition) is 2. The second kappa shape index (κ2) is 16.8. The Labute approximate surface area is 257 Å². The van der Waals surface area contributed by atoms with Crippen molar-refractivity contribution in [1.82, 2.24) is 14.5 Å². The Morgan fingerprint density at radius 3 is 1.95 bits per heavy atom. The maximum absolute atomic E-state index is 14.0. The lowest BCUT2D eigenvalue weighted by Crippen LogP contribution is -2.45. The van der Waals surface area contributed by atoms with Gasteiger partial charge in [-0.2, -0.15) is 4.31 Å². The lowest BCUT2D eigenvalue weighted by molar-refractivity contribution is -0.145. The van der Waals surface area contributed by atoms with Gasteiger partial charge in [-0.15, -0.1) is 0 Å². The highest BCUT2D eigenvalue weighted by atomic mass is 32.2. The zero-order chi connectivity index (χ0) is 33.0. The van der Waals surface area contributed by atoms with Gasteiger partial charge >= 0.3 is 18.2 Å². The van der Waals surface area contributed by atoms with Gasteiger partial charge in [-0.1, -0.05) is 13.8 Å². The minimum absolute atomic E-state index is 0.0169. The van der Waals surface area contributed by atoms with E-state index in [0.29, 0.717) is 31.5 Å². The number of ether oxygens (including phenoxy) is 3. The number of rotatable bonds is 15. The molecule has 0 spiro atoms. The SMILES string of the molecule is CC(C)CN([C@@H](CCCCNC(=O)OC(C)(C)C)COC(=O)CN(C)C)S(=O)(=O)c1ccc(NC(=O)OC(C)(C)C)cc1. The highest BCUT2D eigenvalue weighted by Crippen LogP contribution is 2.25. The third kappa shape index (κ3) is 15.9. The van der Waals surface area contributed by atoms with E-state index in [0.717, 1.165) is 0 Å². The molecule has 2 N–H and O–H groups in total. The first-order valence-electron chi connectivity index (χ1n) is 14.6. The molecule has 0 aliphatic heterocycles. The van der Waals surface area contributed by atoms with Crippen LogP contribution in [0.1, 0.15) is 74.7 Å². The Morgan fingerprint density at radius 2 is 1.44 bits per heavy atom. The molecule has 0 heterocycles. The van der Waals surface area contributed by atoms with Gasteiger partial charge in [0.1, 0.15) is 17.8 Å². The number of esters is 1. The molecule has 1 rings (SSSR count). The summed E-state index contributed by atoms with van der Waals surface area (Å²) in [6.07, 6.45) is 0.368. The number of carbonyl (C=O) groups excluding carboxylic acids is 3. The molecule has 12 nitrogen and oxygen atoms in total. The number of hydrogen-bond acceptors (Lipinski definition) is 9. The highest BCUT2D eigenvalue weighted by Gasteiger charge is 2.33. The fourth-order valence-electron chi connectivity index (χ4n) is 3.88. The van der Waals surface area contributed by atoms with Crippen molar-refractivity contribution in [2.24, 2.45) is 5.92 Å². The van der Waals surface area contributed by atoms with Crippen molar-refractivity contribution < 1.29 is 37.0 Å². The lowest BCUT2D eigenvalue weighted by Gasteiger charge is -2.32. The van der Waals surface area contributed by atoms with E-state index < -0.39 is 45.4 Å². The van der Waals surface area contributed by atoms with Gasteiger partial charge in [0, 0.05) is 18.8 Å². The van der Waals surface area contributed by atoms with Gasteiger partial charge < -0.3 is 19.5 Å². The van der Waals surface area contributed by atoms with Crippen molar-refractivity contribution in [2.75, 3.05) is 45.7 Å². The molecule has 0 aliphatic rings. The molecule has 1 aromatic rings. The minimum Gasteiger partial charge on any atom is -0.463 e. The molecule has 0 saturated carbocycles. The Morgan fingerprint density at radius 1 is 0.884 bits per heavy atom. The average molecular weight is 629 g/mol. The van der Waals surface area contributed by atoms with Crippen LogP contribution < -0.4 is 10.6 Å². The molecule has 0 saturated heterocycles. The number of sulfonamides is 1. The fourth-order valence-corrected chi connectivity index (χ4v) is 5.69. The van der Waals surface area contributed by atoms with Gasteiger partial charge in [0.15, 0.2) is 0 Å². The van der Waals surface area contributed by atoms with E-state index in [1.807, 2.05) is 13.8 Å². The Balaban J connectivity index is 3.13. The minimum atomic E-state index is -4.02. The fraction of sp³-hybridized carbons (Fsp3) is 0.700. The number of carbonyl (C=O) groups is 3. The smallest absolute Gasteiger partial charge is 0.412 e. The van der Waals surface area contributed by atoms with Crippen LogP contribution in [-0.4, -0.2) is 93.4 Å². The number of nitrogens with one attached hydrogen (secondary N) is 2. The Kier molecular flexibility index (Phi) is 14.9. The van der Waals surface area contributed by atoms with Gasteiger partial charge in [-0.05, 0) is 105 Å². The summed E-state index contributed by atoms with van der Waals surface area (Å²) in [4.78, 5) is 38.2. The second-order valence-corrected chi connectivity index (χ2v) is 15.0. The van der Waals surface area contributed by atoms with Crippen LogP contribution in [-0.2, 0) is 29.0 Å². The molecule has 13 heteroatoms. The molecule has 1 aromatic carbocycles. The first-order chi connectivity index (χ1) is 19.7. The maximum Gasteiger partial charge on any atom is 0.412 e. The molecule has 0 unspecified atom stereocenters. The molecule has 2 amide bonds. The van der Waals surface area contributed by atoms with Gasteiger partial charge in [0.25, 0.3) is 0 Å². The van der Waals surface area contributed by atoms with E-state index in [1.165, 1.54) is 28.6 Å². The van der Waals surface area contributed by atoms with Crippen molar-refractivity contribution in [3.8, 4) is 0 Å². The number of nitrogens with zero attached hydrogens (tertiary/aromatic N) is 2. The molecule has 1 atom stereocenters. The van der Waals surface area contributed by atoms with Gasteiger partial charge in [0.05, 0.1) is 17.5 Å². The first-order valence-corrected chi connectivity index (χ1v) is 16.0. The Bertz CT molecular complexity index is 1140. The van der Waals surface area contributed by atoms with Crippen LogP contribution in [0.15, 0.2) is 29.2 Å². The Hall–Kier alpha value is -2.90. The molecule has 0 radical (unpaired) electrons. The topological polar surface area (TPSA) is 144 Å². The van der Waals surface area contributed by atoms with Gasteiger partial charge in [0.2, 0.25) is 10.0 Å². The van der Waals surface area contributed by atoms with Crippen LogP contribution in [0.5, 0.6) is 0 Å². The van der Waals surface area contributed by atoms with Crippen LogP contribution in [0.25, 0.3) is 0 Å². The van der Waals surface area contributed by atoms with Crippen molar-refractivity contribution in [2.45, 2.75) is 96.8 Å². The summed E-state index contributed by atoms with van der Waals surface area (Å²) in [5.41, 5.74) is -0.904. The van der Waals surface area contributed by atoms with Gasteiger partial charge in [-0.3, -0.25) is 15.0 Å². The normalized spacial score (nSPS) is 13.1. The molecule has 246 valence electrons. The number of likely N-dealkylation sites (N-methyl/N-ethyl adjacent to an activating group) is 1. The van der Waals surface area contributed by atoms with E-state index in [1.54, 1.807) is 60.5 Å². The molecule has 43 heavy (non-hydrogen) atoms. The zero-order valence-electron chi connectivity index (χ0n) is 27.5. The maximum atomic E-state index is 14.0. The molecule has 0 bridgehead atoms. The lowest BCUT2D eigenvalue weighted by atomic mass is 10.1. The monoisotopic (exact) mass is 628 g/mol. The summed E-state index contributed by atoms with van der Waals surface area (Å²) < 4.78 is 45.3. The van der Waals surface area contributed by atoms with E-state index in [9.17, 15) is 22.8 Å². The van der Waals surface area contributed by atoms with Crippen LogP contribution in [0, 0.1) is 5.92 Å². The van der Waals surface area contributed by atoms with E-state index >= 15 is 0 Å². The van der Waals surface area contributed by atoms with Crippen LogP contribution >= 0.6 is 0 Å². The van der Waals surface area contributed by atoms with Gasteiger partial charge in [-0.25, -0.2) is 18.0 Å². The van der Waals surface area contributed by atoms with E-state index in [2.05, 4.69) is 10.6 Å². The average Bonchev–Trinajstić information content (AvgIpc) is 2.81.